The van der Waals surface area contributed by atoms with Gasteiger partial charge in [0.15, 0.2) is 0 Å². The Hall–Kier alpha value is -2.29. The first kappa shape index (κ1) is 13.1. The Balaban J connectivity index is 2.49. The van der Waals surface area contributed by atoms with E-state index in [0.29, 0.717) is 11.5 Å². The molecule has 98 valence electrons. The lowest BCUT2D eigenvalue weighted by Crippen LogP contribution is -2.02. The van der Waals surface area contributed by atoms with E-state index in [1.165, 1.54) is 0 Å². The Kier molecular flexibility index (Phi) is 3.56. The molecule has 0 aliphatic rings. The van der Waals surface area contributed by atoms with Crippen LogP contribution in [0.25, 0.3) is 0 Å². The third-order valence-electron chi connectivity index (χ3n) is 3.00. The van der Waals surface area contributed by atoms with Crippen LogP contribution in [0, 0.1) is 20.8 Å². The molecule has 2 rings (SSSR count). The van der Waals surface area contributed by atoms with Crippen LogP contribution in [0.2, 0.25) is 0 Å². The summed E-state index contributed by atoms with van der Waals surface area (Å²) in [5.41, 5.74) is 3.04. The van der Waals surface area contributed by atoms with E-state index in [1.807, 2.05) is 45.0 Å². The molecule has 2 aromatic rings. The Morgan fingerprint density at radius 2 is 1.79 bits per heavy atom. The van der Waals surface area contributed by atoms with Gasteiger partial charge in [-0.15, -0.1) is 0 Å². The molecule has 1 N–H and O–H groups in total. The largest absolute Gasteiger partial charge is 0.478 e. The molecule has 0 saturated carbocycles. The van der Waals surface area contributed by atoms with Gasteiger partial charge in [0.2, 0.25) is 0 Å². The molecular weight excluding hydrogens is 240 g/mol. The average molecular weight is 256 g/mol. The monoisotopic (exact) mass is 256 g/mol. The fourth-order valence-corrected chi connectivity index (χ4v) is 1.88. The summed E-state index contributed by atoms with van der Waals surface area (Å²) in [4.78, 5) is 11.2. The standard InChI is InChI=1S/C16H16O3/c1-10-7-8-11(2)14(9-10)19-15-12(3)5-4-6-13(15)16(17)18/h4-9H,1-3H3,(H,17,18). The number of hydrogen-bond acceptors (Lipinski definition) is 2. The minimum Gasteiger partial charge on any atom is -0.478 e. The summed E-state index contributed by atoms with van der Waals surface area (Å²) in [7, 11) is 0. The van der Waals surface area contributed by atoms with Crippen molar-refractivity contribution in [3.8, 4) is 11.5 Å². The number of carboxylic acid groups (broad SMARTS) is 1. The van der Waals surface area contributed by atoms with Crippen molar-refractivity contribution in [2.75, 3.05) is 0 Å². The molecule has 0 spiro atoms. The van der Waals surface area contributed by atoms with E-state index in [1.54, 1.807) is 12.1 Å². The molecule has 0 unspecified atom stereocenters. The third kappa shape index (κ3) is 2.76. The lowest BCUT2D eigenvalue weighted by molar-refractivity contribution is 0.0694. The summed E-state index contributed by atoms with van der Waals surface area (Å²) in [5, 5.41) is 9.21. The molecular formula is C16H16O3. The van der Waals surface area contributed by atoms with Crippen LogP contribution in [-0.2, 0) is 0 Å². The number of benzene rings is 2. The summed E-state index contributed by atoms with van der Waals surface area (Å²) in [6, 6.07) is 11.0. The van der Waals surface area contributed by atoms with Crippen LogP contribution in [0.3, 0.4) is 0 Å². The molecule has 0 fully saturated rings. The molecule has 3 heteroatoms. The molecule has 0 heterocycles. The minimum atomic E-state index is -0.982. The van der Waals surface area contributed by atoms with Crippen molar-refractivity contribution in [2.45, 2.75) is 20.8 Å². The summed E-state index contributed by atoms with van der Waals surface area (Å²) in [6.45, 7) is 5.75. The number of para-hydroxylation sites is 1. The van der Waals surface area contributed by atoms with E-state index in [0.717, 1.165) is 16.7 Å². The topological polar surface area (TPSA) is 46.5 Å². The molecule has 0 amide bonds. The summed E-state index contributed by atoms with van der Waals surface area (Å²) >= 11 is 0. The number of carbonyl (C=O) groups is 1. The summed E-state index contributed by atoms with van der Waals surface area (Å²) in [5.74, 6) is 0.115. The summed E-state index contributed by atoms with van der Waals surface area (Å²) < 4.78 is 5.83. The van der Waals surface area contributed by atoms with Crippen LogP contribution in [-0.4, -0.2) is 11.1 Å². The molecule has 0 radical (unpaired) electrons. The zero-order valence-electron chi connectivity index (χ0n) is 11.2. The Bertz CT molecular complexity index is 630. The number of hydrogen-bond donors (Lipinski definition) is 1. The van der Waals surface area contributed by atoms with E-state index in [-0.39, 0.29) is 5.56 Å². The summed E-state index contributed by atoms with van der Waals surface area (Å²) in [6.07, 6.45) is 0. The predicted octanol–water partition coefficient (Wildman–Crippen LogP) is 4.10. The maximum Gasteiger partial charge on any atom is 0.339 e. The SMILES string of the molecule is Cc1ccc(C)c(Oc2c(C)cccc2C(=O)O)c1. The van der Waals surface area contributed by atoms with Crippen LogP contribution in [0.15, 0.2) is 36.4 Å². The average Bonchev–Trinajstić information content (AvgIpc) is 2.35. The van der Waals surface area contributed by atoms with Gasteiger partial charge in [-0.3, -0.25) is 0 Å². The number of aryl methyl sites for hydroxylation is 3. The first-order valence-electron chi connectivity index (χ1n) is 6.07. The van der Waals surface area contributed by atoms with Gasteiger partial charge in [0, 0.05) is 0 Å². The molecule has 0 atom stereocenters. The molecule has 19 heavy (non-hydrogen) atoms. The van der Waals surface area contributed by atoms with Gasteiger partial charge < -0.3 is 9.84 Å². The molecule has 0 aliphatic carbocycles. The number of aromatic carboxylic acids is 1. The maximum absolute atomic E-state index is 11.2. The highest BCUT2D eigenvalue weighted by Gasteiger charge is 2.15. The normalized spacial score (nSPS) is 10.3. The first-order chi connectivity index (χ1) is 8.99. The van der Waals surface area contributed by atoms with Gasteiger partial charge in [0.1, 0.15) is 17.1 Å². The van der Waals surface area contributed by atoms with E-state index in [9.17, 15) is 9.90 Å². The van der Waals surface area contributed by atoms with Gasteiger partial charge in [-0.05, 0) is 49.6 Å². The second-order valence-electron chi connectivity index (χ2n) is 4.63. The van der Waals surface area contributed by atoms with Gasteiger partial charge >= 0.3 is 5.97 Å². The quantitative estimate of drug-likeness (QED) is 0.899. The van der Waals surface area contributed by atoms with Crippen molar-refractivity contribution in [2.24, 2.45) is 0 Å². The fourth-order valence-electron chi connectivity index (χ4n) is 1.88. The third-order valence-corrected chi connectivity index (χ3v) is 3.00. The highest BCUT2D eigenvalue weighted by molar-refractivity contribution is 5.91. The second-order valence-corrected chi connectivity index (χ2v) is 4.63. The van der Waals surface area contributed by atoms with Gasteiger partial charge in [0.25, 0.3) is 0 Å². The minimum absolute atomic E-state index is 0.181. The molecule has 0 aromatic heterocycles. The van der Waals surface area contributed by atoms with Gasteiger partial charge in [-0.1, -0.05) is 24.3 Å². The van der Waals surface area contributed by atoms with Crippen molar-refractivity contribution in [3.05, 3.63) is 58.7 Å². The Morgan fingerprint density at radius 1 is 1.05 bits per heavy atom. The van der Waals surface area contributed by atoms with Crippen LogP contribution in [0.1, 0.15) is 27.0 Å². The number of rotatable bonds is 3. The smallest absolute Gasteiger partial charge is 0.339 e. The van der Waals surface area contributed by atoms with Crippen molar-refractivity contribution in [1.82, 2.24) is 0 Å². The maximum atomic E-state index is 11.2. The lowest BCUT2D eigenvalue weighted by atomic mass is 10.1. The van der Waals surface area contributed by atoms with Crippen molar-refractivity contribution >= 4 is 5.97 Å². The van der Waals surface area contributed by atoms with Crippen molar-refractivity contribution in [1.29, 1.82) is 0 Å². The highest BCUT2D eigenvalue weighted by Crippen LogP contribution is 2.31. The van der Waals surface area contributed by atoms with E-state index < -0.39 is 5.97 Å². The molecule has 2 aromatic carbocycles. The molecule has 0 aliphatic heterocycles. The highest BCUT2D eigenvalue weighted by atomic mass is 16.5. The van der Waals surface area contributed by atoms with Crippen LogP contribution >= 0.6 is 0 Å². The number of carboxylic acids is 1. The van der Waals surface area contributed by atoms with Gasteiger partial charge in [-0.2, -0.15) is 0 Å². The van der Waals surface area contributed by atoms with Crippen LogP contribution in [0.5, 0.6) is 11.5 Å². The first-order valence-corrected chi connectivity index (χ1v) is 6.07. The van der Waals surface area contributed by atoms with Crippen LogP contribution in [0.4, 0.5) is 0 Å². The number of ether oxygens (including phenoxy) is 1. The zero-order chi connectivity index (χ0) is 14.0. The predicted molar refractivity (Wildman–Crippen MR) is 74.1 cm³/mol. The Labute approximate surface area is 112 Å². The molecule has 0 saturated heterocycles. The molecule has 3 nitrogen and oxygen atoms in total. The van der Waals surface area contributed by atoms with E-state index in [4.69, 9.17) is 4.74 Å². The second kappa shape index (κ2) is 5.14. The fraction of sp³-hybridized carbons (Fsp3) is 0.188. The lowest BCUT2D eigenvalue weighted by Gasteiger charge is -2.13. The van der Waals surface area contributed by atoms with Crippen LogP contribution < -0.4 is 4.74 Å². The van der Waals surface area contributed by atoms with Gasteiger partial charge in [-0.25, -0.2) is 4.79 Å². The van der Waals surface area contributed by atoms with Crippen molar-refractivity contribution < 1.29 is 14.6 Å². The van der Waals surface area contributed by atoms with E-state index in [2.05, 4.69) is 0 Å². The van der Waals surface area contributed by atoms with Crippen molar-refractivity contribution in [3.63, 3.8) is 0 Å². The molecule has 0 bridgehead atoms. The zero-order valence-corrected chi connectivity index (χ0v) is 11.2. The van der Waals surface area contributed by atoms with Gasteiger partial charge in [0.05, 0.1) is 0 Å². The Morgan fingerprint density at radius 3 is 2.47 bits per heavy atom. The van der Waals surface area contributed by atoms with E-state index >= 15 is 0 Å².